The first-order valence-corrected chi connectivity index (χ1v) is 23.3. The monoisotopic (exact) mass is 952 g/mol. The fraction of sp³-hybridized carbons (Fsp3) is 0.259. The van der Waals surface area contributed by atoms with Gasteiger partial charge in [0, 0.05) is 56.3 Å². The van der Waals surface area contributed by atoms with E-state index in [1.54, 1.807) is 6.07 Å². The molecule has 2 saturated heterocycles. The van der Waals surface area contributed by atoms with Gasteiger partial charge in [-0.15, -0.1) is 0 Å². The topological polar surface area (TPSA) is 129 Å². The van der Waals surface area contributed by atoms with Gasteiger partial charge in [0.1, 0.15) is 35.3 Å². The van der Waals surface area contributed by atoms with Crippen LogP contribution >= 0.6 is 0 Å². The Hall–Kier alpha value is -7.75. The van der Waals surface area contributed by atoms with E-state index in [9.17, 15) is 22.0 Å². The summed E-state index contributed by atoms with van der Waals surface area (Å²) in [6, 6.07) is 48.9. The summed E-state index contributed by atoms with van der Waals surface area (Å²) in [6.45, 7) is -0.0164. The summed E-state index contributed by atoms with van der Waals surface area (Å²) in [7, 11) is 0. The fourth-order valence-electron chi connectivity index (χ4n) is 9.49. The molecule has 0 unspecified atom stereocenters. The van der Waals surface area contributed by atoms with Crippen LogP contribution in [0.4, 0.5) is 45.1 Å². The number of nitrogen functional groups attached to an aromatic ring is 2. The number of alkyl halides is 5. The highest BCUT2D eigenvalue weighted by Gasteiger charge is 2.33. The molecule has 4 aromatic heterocycles. The average Bonchev–Trinajstić information content (AvgIpc) is 3.97. The molecule has 4 N–H and O–H groups in total. The third kappa shape index (κ3) is 11.1. The molecule has 0 aliphatic carbocycles. The lowest BCUT2D eigenvalue weighted by atomic mass is 9.93. The van der Waals surface area contributed by atoms with E-state index in [1.807, 2.05) is 99.2 Å². The van der Waals surface area contributed by atoms with Crippen molar-refractivity contribution in [3.63, 3.8) is 0 Å². The third-order valence-corrected chi connectivity index (χ3v) is 13.0. The maximum Gasteiger partial charge on any atom is 0.417 e. The van der Waals surface area contributed by atoms with Gasteiger partial charge in [0.15, 0.2) is 0 Å². The van der Waals surface area contributed by atoms with Crippen LogP contribution in [0, 0.1) is 0 Å². The van der Waals surface area contributed by atoms with Gasteiger partial charge >= 0.3 is 12.8 Å². The number of rotatable bonds is 12. The quantitative estimate of drug-likeness (QED) is 0.115. The molecule has 0 saturated carbocycles. The van der Waals surface area contributed by atoms with Gasteiger partial charge < -0.3 is 26.0 Å². The van der Waals surface area contributed by atoms with E-state index >= 15 is 0 Å². The Balaban J connectivity index is 0.000000174. The molecule has 8 aromatic rings. The van der Waals surface area contributed by atoms with Crippen molar-refractivity contribution >= 4 is 23.1 Å². The maximum absolute atomic E-state index is 13.1. The molecule has 10 rings (SSSR count). The zero-order valence-electron chi connectivity index (χ0n) is 38.2. The second-order valence-corrected chi connectivity index (χ2v) is 17.5. The Bertz CT molecular complexity index is 2810. The predicted molar refractivity (Wildman–Crippen MR) is 262 cm³/mol. The maximum atomic E-state index is 13.1. The molecule has 360 valence electrons. The molecular formula is C54H53F5N10O. The lowest BCUT2D eigenvalue weighted by molar-refractivity contribution is -0.137. The number of aromatic nitrogens is 6. The average molecular weight is 953 g/mol. The Labute approximate surface area is 403 Å². The molecular weight excluding hydrogens is 900 g/mol. The van der Waals surface area contributed by atoms with Crippen molar-refractivity contribution < 1.29 is 26.7 Å². The van der Waals surface area contributed by atoms with Crippen molar-refractivity contribution in [1.82, 2.24) is 29.5 Å². The number of ether oxygens (including phenoxy) is 1. The van der Waals surface area contributed by atoms with Gasteiger partial charge in [0.25, 0.3) is 0 Å². The molecule has 2 fully saturated rings. The van der Waals surface area contributed by atoms with Gasteiger partial charge in [-0.3, -0.25) is 4.98 Å². The van der Waals surface area contributed by atoms with Crippen LogP contribution in [-0.2, 0) is 6.18 Å². The summed E-state index contributed by atoms with van der Waals surface area (Å²) in [4.78, 5) is 12.2. The summed E-state index contributed by atoms with van der Waals surface area (Å²) in [6.07, 6.45) is 2.63. The third-order valence-electron chi connectivity index (χ3n) is 13.0. The number of piperidine rings is 2. The fourth-order valence-corrected chi connectivity index (χ4v) is 9.49. The van der Waals surface area contributed by atoms with Crippen LogP contribution in [0.15, 0.2) is 170 Å². The first kappa shape index (κ1) is 47.3. The number of halogens is 5. The number of nitrogens with two attached hydrogens (primary N) is 2. The summed E-state index contributed by atoms with van der Waals surface area (Å²) in [5.41, 5.74) is 19.1. The Morgan fingerprint density at radius 1 is 0.529 bits per heavy atom. The van der Waals surface area contributed by atoms with Crippen molar-refractivity contribution in [1.29, 1.82) is 0 Å². The van der Waals surface area contributed by atoms with Crippen LogP contribution in [0.25, 0.3) is 0 Å². The van der Waals surface area contributed by atoms with E-state index in [0.717, 1.165) is 84.4 Å². The molecule has 2 aliphatic rings. The van der Waals surface area contributed by atoms with Crippen LogP contribution in [-0.4, -0.2) is 62.3 Å². The Morgan fingerprint density at radius 2 is 0.957 bits per heavy atom. The number of hydrogen-bond acceptors (Lipinski definition) is 9. The molecule has 11 nitrogen and oxygen atoms in total. The molecule has 0 atom stereocenters. The van der Waals surface area contributed by atoms with Gasteiger partial charge in [-0.2, -0.15) is 32.1 Å². The van der Waals surface area contributed by atoms with Crippen LogP contribution in [0.5, 0.6) is 5.75 Å². The highest BCUT2D eigenvalue weighted by atomic mass is 19.4. The number of nitrogens with zero attached hydrogens (tertiary/aromatic N) is 8. The molecule has 0 bridgehead atoms. The van der Waals surface area contributed by atoms with E-state index in [1.165, 1.54) is 24.5 Å². The number of benzene rings is 4. The molecule has 16 heteroatoms. The van der Waals surface area contributed by atoms with Crippen molar-refractivity contribution in [2.75, 3.05) is 47.4 Å². The minimum Gasteiger partial charge on any atom is -0.433 e. The summed E-state index contributed by atoms with van der Waals surface area (Å²) in [5.74, 6) is 2.50. The minimum atomic E-state index is -4.40. The van der Waals surface area contributed by atoms with Crippen LogP contribution < -0.4 is 26.0 Å². The van der Waals surface area contributed by atoms with Crippen molar-refractivity contribution in [3.8, 4) is 5.75 Å². The molecule has 0 radical (unpaired) electrons. The highest BCUT2D eigenvalue weighted by molar-refractivity contribution is 5.48. The summed E-state index contributed by atoms with van der Waals surface area (Å²) in [5, 5.41) is 9.94. The predicted octanol–water partition coefficient (Wildman–Crippen LogP) is 11.4. The molecule has 70 heavy (non-hydrogen) atoms. The molecule has 6 heterocycles. The van der Waals surface area contributed by atoms with E-state index in [2.05, 4.69) is 68.1 Å². The largest absolute Gasteiger partial charge is 0.433 e. The number of anilines is 4. The van der Waals surface area contributed by atoms with Gasteiger partial charge in [-0.25, -0.2) is 14.3 Å². The zero-order chi connectivity index (χ0) is 48.6. The van der Waals surface area contributed by atoms with E-state index in [4.69, 9.17) is 21.7 Å². The Morgan fingerprint density at radius 3 is 1.34 bits per heavy atom. The van der Waals surface area contributed by atoms with Gasteiger partial charge in [-0.1, -0.05) is 121 Å². The van der Waals surface area contributed by atoms with Crippen molar-refractivity contribution in [2.45, 2.75) is 62.4 Å². The van der Waals surface area contributed by atoms with E-state index < -0.39 is 18.4 Å². The van der Waals surface area contributed by atoms with Gasteiger partial charge in [0.2, 0.25) is 0 Å². The van der Waals surface area contributed by atoms with Gasteiger partial charge in [0.05, 0.1) is 35.0 Å². The molecule has 2 aliphatic heterocycles. The smallest absolute Gasteiger partial charge is 0.417 e. The summed E-state index contributed by atoms with van der Waals surface area (Å²) >= 11 is 0. The Kier molecular flexibility index (Phi) is 14.4. The molecule has 0 spiro atoms. The zero-order valence-corrected chi connectivity index (χ0v) is 38.2. The van der Waals surface area contributed by atoms with Crippen LogP contribution in [0.3, 0.4) is 0 Å². The molecule has 0 amide bonds. The summed E-state index contributed by atoms with van der Waals surface area (Å²) < 4.78 is 72.2. The van der Waals surface area contributed by atoms with Crippen LogP contribution in [0.2, 0.25) is 0 Å². The second-order valence-electron chi connectivity index (χ2n) is 17.5. The number of hydrogen-bond donors (Lipinski definition) is 2. The van der Waals surface area contributed by atoms with Crippen LogP contribution in [0.1, 0.15) is 88.8 Å². The highest BCUT2D eigenvalue weighted by Crippen LogP contribution is 2.37. The minimum absolute atomic E-state index is 0.0611. The molecule has 4 aromatic carbocycles. The van der Waals surface area contributed by atoms with E-state index in [0.29, 0.717) is 30.4 Å². The second kappa shape index (κ2) is 21.3. The van der Waals surface area contributed by atoms with Crippen molar-refractivity contribution in [2.24, 2.45) is 0 Å². The lowest BCUT2D eigenvalue weighted by Gasteiger charge is -2.33. The van der Waals surface area contributed by atoms with Gasteiger partial charge in [-0.05, 0) is 66.1 Å². The SMILES string of the molecule is Nc1cc(C2CCN(c3ccc(OC(F)F)cn3)CC2)nn1C(c1ccccc1)c1ccccc1.Nc1cc(C2CCN(c3cncc(C(F)(F)F)c3)CC2)nn1C(c1ccccc1)c1ccccc1. The normalized spacial score (nSPS) is 14.8. The number of pyridine rings is 2. The standard InChI is InChI=1S/C27H26F3N5.C27H27F2N5O/c28-27(29,30)22-15-23(18-32-17-22)34-13-11-19(12-14-34)24-16-25(31)35(33-24)26(20-7-3-1-4-8-20)21-9-5-2-6-10-21;28-27(29)35-22-11-12-25(31-18-22)33-15-13-19(14-16-33)23-17-24(30)34(32-23)26(20-7-3-1-4-8-20)21-9-5-2-6-10-21/h1-10,15-19,26H,11-14,31H2;1-12,17-19,26-27H,13-16,30H2. The van der Waals surface area contributed by atoms with Crippen molar-refractivity contribution in [3.05, 3.63) is 209 Å². The lowest BCUT2D eigenvalue weighted by Crippen LogP contribution is -2.33. The first-order chi connectivity index (χ1) is 34.0. The first-order valence-electron chi connectivity index (χ1n) is 23.3. The van der Waals surface area contributed by atoms with E-state index in [-0.39, 0.29) is 29.7 Å².